The number of amides is 1. The van der Waals surface area contributed by atoms with Gasteiger partial charge < -0.3 is 0 Å². The quantitative estimate of drug-likeness (QED) is 0.736. The van der Waals surface area contributed by atoms with Gasteiger partial charge in [-0.1, -0.05) is 48.5 Å². The van der Waals surface area contributed by atoms with Crippen LogP contribution in [0.5, 0.6) is 0 Å². The van der Waals surface area contributed by atoms with Gasteiger partial charge in [0.2, 0.25) is 0 Å². The van der Waals surface area contributed by atoms with Crippen LogP contribution in [0, 0.1) is 0 Å². The van der Waals surface area contributed by atoms with Gasteiger partial charge in [-0.3, -0.25) is 4.79 Å². The van der Waals surface area contributed by atoms with Crippen molar-refractivity contribution < 1.29 is 4.79 Å². The van der Waals surface area contributed by atoms with Gasteiger partial charge in [0.1, 0.15) is 0 Å². The minimum absolute atomic E-state index is 0.122. The first-order valence-electron chi connectivity index (χ1n) is 6.17. The summed E-state index contributed by atoms with van der Waals surface area (Å²) in [6, 6.07) is 19.5. The van der Waals surface area contributed by atoms with Crippen molar-refractivity contribution in [3.05, 3.63) is 71.8 Å². The largest absolute Gasteiger partial charge is 0.272 e. The van der Waals surface area contributed by atoms with Crippen LogP contribution in [-0.2, 0) is 6.42 Å². The SMILES string of the molecule is O=C([N]CCCc1ccccc1)c1ccccc1. The molecule has 0 aliphatic rings. The third-order valence-corrected chi connectivity index (χ3v) is 2.74. The predicted octanol–water partition coefficient (Wildman–Crippen LogP) is 3.06. The molecule has 1 radical (unpaired) electrons. The van der Waals surface area contributed by atoms with Gasteiger partial charge in [-0.15, -0.1) is 0 Å². The number of hydrogen-bond donors (Lipinski definition) is 0. The van der Waals surface area contributed by atoms with E-state index in [2.05, 4.69) is 17.4 Å². The number of rotatable bonds is 5. The molecular formula is C16H16NO. The van der Waals surface area contributed by atoms with Gasteiger partial charge in [0.05, 0.1) is 0 Å². The molecule has 2 aromatic rings. The van der Waals surface area contributed by atoms with Gasteiger partial charge >= 0.3 is 0 Å². The Balaban J connectivity index is 1.72. The molecule has 0 bridgehead atoms. The molecule has 2 heteroatoms. The molecule has 18 heavy (non-hydrogen) atoms. The zero-order chi connectivity index (χ0) is 12.6. The van der Waals surface area contributed by atoms with Crippen LogP contribution in [0.25, 0.3) is 0 Å². The first-order chi connectivity index (χ1) is 8.86. The molecule has 0 fully saturated rings. The minimum atomic E-state index is -0.122. The summed E-state index contributed by atoms with van der Waals surface area (Å²) in [7, 11) is 0. The van der Waals surface area contributed by atoms with Crippen LogP contribution < -0.4 is 5.32 Å². The predicted molar refractivity (Wildman–Crippen MR) is 72.5 cm³/mol. The molecule has 0 aliphatic heterocycles. The molecule has 0 unspecified atom stereocenters. The fourth-order valence-electron chi connectivity index (χ4n) is 1.78. The maximum absolute atomic E-state index is 11.7. The maximum atomic E-state index is 11.7. The lowest BCUT2D eigenvalue weighted by Crippen LogP contribution is -2.17. The Morgan fingerprint density at radius 1 is 0.889 bits per heavy atom. The van der Waals surface area contributed by atoms with Crippen LogP contribution in [0.3, 0.4) is 0 Å². The van der Waals surface area contributed by atoms with Gasteiger partial charge in [-0.25, -0.2) is 5.32 Å². The fourth-order valence-corrected chi connectivity index (χ4v) is 1.78. The highest BCUT2D eigenvalue weighted by atomic mass is 16.1. The smallest absolute Gasteiger partial charge is 0.267 e. The van der Waals surface area contributed by atoms with E-state index in [1.165, 1.54) is 5.56 Å². The monoisotopic (exact) mass is 238 g/mol. The highest BCUT2D eigenvalue weighted by Crippen LogP contribution is 2.03. The van der Waals surface area contributed by atoms with Crippen molar-refractivity contribution in [2.75, 3.05) is 6.54 Å². The highest BCUT2D eigenvalue weighted by Gasteiger charge is 2.04. The topological polar surface area (TPSA) is 31.2 Å². The highest BCUT2D eigenvalue weighted by molar-refractivity contribution is 5.93. The van der Waals surface area contributed by atoms with Crippen LogP contribution in [0.1, 0.15) is 22.3 Å². The molecule has 91 valence electrons. The average molecular weight is 238 g/mol. The Morgan fingerprint density at radius 3 is 2.17 bits per heavy atom. The summed E-state index contributed by atoms with van der Waals surface area (Å²) in [6.07, 6.45) is 1.87. The normalized spacial score (nSPS) is 10.0. The van der Waals surface area contributed by atoms with Crippen molar-refractivity contribution in [3.63, 3.8) is 0 Å². The zero-order valence-corrected chi connectivity index (χ0v) is 10.3. The number of aryl methyl sites for hydroxylation is 1. The minimum Gasteiger partial charge on any atom is -0.267 e. The maximum Gasteiger partial charge on any atom is 0.272 e. The Kier molecular flexibility index (Phi) is 4.53. The molecular weight excluding hydrogens is 222 g/mol. The van der Waals surface area contributed by atoms with Crippen molar-refractivity contribution >= 4 is 5.91 Å². The second kappa shape index (κ2) is 6.60. The molecule has 0 saturated heterocycles. The summed E-state index contributed by atoms with van der Waals surface area (Å²) in [6.45, 7) is 0.586. The Hall–Kier alpha value is -2.09. The summed E-state index contributed by atoms with van der Waals surface area (Å²) in [5, 5.41) is 4.07. The summed E-state index contributed by atoms with van der Waals surface area (Å²) in [4.78, 5) is 11.7. The zero-order valence-electron chi connectivity index (χ0n) is 10.3. The standard InChI is InChI=1S/C16H16NO/c18-16(15-11-5-2-6-12-15)17-13-7-10-14-8-3-1-4-9-14/h1-6,8-9,11-12H,7,10,13H2. The molecule has 0 saturated carbocycles. The number of carbonyl (C=O) groups is 1. The Bertz CT molecular complexity index is 479. The second-order valence-corrected chi connectivity index (χ2v) is 4.14. The van der Waals surface area contributed by atoms with E-state index in [0.717, 1.165) is 12.8 Å². The Morgan fingerprint density at radius 2 is 1.50 bits per heavy atom. The first-order valence-corrected chi connectivity index (χ1v) is 6.17. The van der Waals surface area contributed by atoms with Crippen molar-refractivity contribution in [2.45, 2.75) is 12.8 Å². The lowest BCUT2D eigenvalue weighted by molar-refractivity contribution is 0.0948. The lowest BCUT2D eigenvalue weighted by atomic mass is 10.1. The number of benzene rings is 2. The number of carbonyl (C=O) groups excluding carboxylic acids is 1. The molecule has 1 amide bonds. The molecule has 0 atom stereocenters. The van der Waals surface area contributed by atoms with Crippen LogP contribution in [-0.4, -0.2) is 12.5 Å². The van der Waals surface area contributed by atoms with Crippen LogP contribution >= 0.6 is 0 Å². The summed E-state index contributed by atoms with van der Waals surface area (Å²) in [5.74, 6) is -0.122. The van der Waals surface area contributed by atoms with E-state index in [1.807, 2.05) is 36.4 Å². The lowest BCUT2D eigenvalue weighted by Gasteiger charge is -2.02. The van der Waals surface area contributed by atoms with Crippen molar-refractivity contribution in [1.29, 1.82) is 0 Å². The molecule has 0 aromatic heterocycles. The number of nitrogens with zero attached hydrogens (tertiary/aromatic N) is 1. The number of hydrogen-bond acceptors (Lipinski definition) is 1. The molecule has 2 aromatic carbocycles. The molecule has 2 nitrogen and oxygen atoms in total. The third-order valence-electron chi connectivity index (χ3n) is 2.74. The van der Waals surface area contributed by atoms with Crippen molar-refractivity contribution in [1.82, 2.24) is 5.32 Å². The second-order valence-electron chi connectivity index (χ2n) is 4.14. The third kappa shape index (κ3) is 3.74. The fraction of sp³-hybridized carbons (Fsp3) is 0.188. The van der Waals surface area contributed by atoms with Gasteiger partial charge in [0, 0.05) is 12.1 Å². The summed E-state index contributed by atoms with van der Waals surface area (Å²) < 4.78 is 0. The summed E-state index contributed by atoms with van der Waals surface area (Å²) in [5.41, 5.74) is 1.96. The van der Waals surface area contributed by atoms with E-state index in [1.54, 1.807) is 12.1 Å². The van der Waals surface area contributed by atoms with Gasteiger partial charge in [0.25, 0.3) is 5.91 Å². The van der Waals surface area contributed by atoms with E-state index >= 15 is 0 Å². The van der Waals surface area contributed by atoms with Crippen LogP contribution in [0.2, 0.25) is 0 Å². The van der Waals surface area contributed by atoms with Gasteiger partial charge in [-0.05, 0) is 30.5 Å². The van der Waals surface area contributed by atoms with Gasteiger partial charge in [-0.2, -0.15) is 0 Å². The summed E-state index contributed by atoms with van der Waals surface area (Å²) >= 11 is 0. The van der Waals surface area contributed by atoms with E-state index in [4.69, 9.17) is 0 Å². The van der Waals surface area contributed by atoms with E-state index in [9.17, 15) is 4.79 Å². The molecule has 0 spiro atoms. The molecule has 0 heterocycles. The average Bonchev–Trinajstić information content (AvgIpc) is 2.45. The Labute approximate surface area is 108 Å². The van der Waals surface area contributed by atoms with Gasteiger partial charge in [0.15, 0.2) is 0 Å². The van der Waals surface area contributed by atoms with Crippen molar-refractivity contribution in [2.24, 2.45) is 0 Å². The first kappa shape index (κ1) is 12.4. The van der Waals surface area contributed by atoms with Crippen molar-refractivity contribution in [3.8, 4) is 0 Å². The van der Waals surface area contributed by atoms with Crippen LogP contribution in [0.15, 0.2) is 60.7 Å². The molecule has 0 aliphatic carbocycles. The van der Waals surface area contributed by atoms with Crippen LogP contribution in [0.4, 0.5) is 0 Å². The van der Waals surface area contributed by atoms with E-state index in [-0.39, 0.29) is 5.91 Å². The van der Waals surface area contributed by atoms with E-state index in [0.29, 0.717) is 12.1 Å². The van der Waals surface area contributed by atoms with E-state index < -0.39 is 0 Å². The molecule has 2 rings (SSSR count). The molecule has 0 N–H and O–H groups in total.